The zero-order valence-electron chi connectivity index (χ0n) is 11.6. The van der Waals surface area contributed by atoms with Crippen molar-refractivity contribution in [1.82, 2.24) is 0 Å². The quantitative estimate of drug-likeness (QED) is 0.835. The van der Waals surface area contributed by atoms with E-state index in [9.17, 15) is 26.4 Å². The van der Waals surface area contributed by atoms with E-state index in [2.05, 4.69) is 0 Å². The first-order valence-electron chi connectivity index (χ1n) is 6.13. The lowest BCUT2D eigenvalue weighted by Gasteiger charge is -2.11. The number of sulfonamides is 1. The first-order chi connectivity index (χ1) is 10.6. The SMILES string of the molecule is Cc1ccc(S(=O)(=O)Nc2ccc(F)c(F)c2F)cc1C(=O)O. The number of benzene rings is 2. The average Bonchev–Trinajstić information content (AvgIpc) is 2.48. The van der Waals surface area contributed by atoms with Gasteiger partial charge >= 0.3 is 5.97 Å². The summed E-state index contributed by atoms with van der Waals surface area (Å²) >= 11 is 0. The number of anilines is 1. The highest BCUT2D eigenvalue weighted by Crippen LogP contribution is 2.24. The van der Waals surface area contributed by atoms with Crippen molar-refractivity contribution in [1.29, 1.82) is 0 Å². The molecule has 0 saturated heterocycles. The molecule has 0 amide bonds. The van der Waals surface area contributed by atoms with Crippen molar-refractivity contribution in [2.45, 2.75) is 11.8 Å². The molecule has 0 radical (unpaired) electrons. The molecule has 0 aliphatic rings. The Balaban J connectivity index is 2.46. The standard InChI is InChI=1S/C14H10F3NO4S/c1-7-2-3-8(6-9(7)14(19)20)23(21,22)18-11-5-4-10(15)12(16)13(11)17/h2-6,18H,1H3,(H,19,20). The van der Waals surface area contributed by atoms with Gasteiger partial charge in [0.25, 0.3) is 10.0 Å². The summed E-state index contributed by atoms with van der Waals surface area (Å²) in [6, 6.07) is 4.55. The summed E-state index contributed by atoms with van der Waals surface area (Å²) in [7, 11) is -4.38. The van der Waals surface area contributed by atoms with Crippen LogP contribution in [-0.4, -0.2) is 19.5 Å². The molecule has 2 rings (SSSR count). The van der Waals surface area contributed by atoms with Crippen molar-refractivity contribution in [3.63, 3.8) is 0 Å². The summed E-state index contributed by atoms with van der Waals surface area (Å²) in [6.07, 6.45) is 0. The lowest BCUT2D eigenvalue weighted by molar-refractivity contribution is 0.0696. The van der Waals surface area contributed by atoms with E-state index < -0.39 is 44.0 Å². The highest BCUT2D eigenvalue weighted by molar-refractivity contribution is 7.92. The molecule has 2 aromatic rings. The van der Waals surface area contributed by atoms with Crippen molar-refractivity contribution in [2.75, 3.05) is 4.72 Å². The van der Waals surface area contributed by atoms with Crippen molar-refractivity contribution >= 4 is 21.7 Å². The summed E-state index contributed by atoms with van der Waals surface area (Å²) in [5.74, 6) is -6.31. The van der Waals surface area contributed by atoms with E-state index in [-0.39, 0.29) is 5.56 Å². The molecule has 0 aliphatic carbocycles. The Bertz CT molecular complexity index is 897. The van der Waals surface area contributed by atoms with Crippen LogP contribution in [0, 0.1) is 24.4 Å². The van der Waals surface area contributed by atoms with Crippen LogP contribution in [0.4, 0.5) is 18.9 Å². The lowest BCUT2D eigenvalue weighted by atomic mass is 10.1. The Morgan fingerprint density at radius 2 is 1.74 bits per heavy atom. The molecule has 0 heterocycles. The molecule has 0 aromatic heterocycles. The van der Waals surface area contributed by atoms with Gasteiger partial charge in [-0.25, -0.2) is 26.4 Å². The van der Waals surface area contributed by atoms with Gasteiger partial charge in [-0.15, -0.1) is 0 Å². The number of hydrogen-bond acceptors (Lipinski definition) is 3. The third-order valence-electron chi connectivity index (χ3n) is 3.03. The highest BCUT2D eigenvalue weighted by Gasteiger charge is 2.21. The van der Waals surface area contributed by atoms with Gasteiger partial charge in [0, 0.05) is 0 Å². The van der Waals surface area contributed by atoms with Crippen LogP contribution in [0.15, 0.2) is 35.2 Å². The van der Waals surface area contributed by atoms with Crippen LogP contribution in [0.2, 0.25) is 0 Å². The van der Waals surface area contributed by atoms with Crippen LogP contribution in [0.1, 0.15) is 15.9 Å². The molecule has 0 bridgehead atoms. The normalized spacial score (nSPS) is 11.3. The minimum Gasteiger partial charge on any atom is -0.478 e. The molecule has 0 saturated carbocycles. The maximum Gasteiger partial charge on any atom is 0.335 e. The second-order valence-corrected chi connectivity index (χ2v) is 6.29. The van der Waals surface area contributed by atoms with Crippen LogP contribution in [0.5, 0.6) is 0 Å². The summed E-state index contributed by atoms with van der Waals surface area (Å²) in [6.45, 7) is 1.47. The highest BCUT2D eigenvalue weighted by atomic mass is 32.2. The van der Waals surface area contributed by atoms with Crippen LogP contribution in [-0.2, 0) is 10.0 Å². The Morgan fingerprint density at radius 1 is 1.09 bits per heavy atom. The maximum atomic E-state index is 13.5. The van der Waals surface area contributed by atoms with E-state index in [1.165, 1.54) is 13.0 Å². The van der Waals surface area contributed by atoms with Crippen LogP contribution in [0.25, 0.3) is 0 Å². The number of aromatic carboxylic acids is 1. The summed E-state index contributed by atoms with van der Waals surface area (Å²) < 4.78 is 65.6. The Labute approximate surface area is 129 Å². The van der Waals surface area contributed by atoms with Gasteiger partial charge in [-0.05, 0) is 36.8 Å². The van der Waals surface area contributed by atoms with E-state index >= 15 is 0 Å². The number of carbonyl (C=O) groups is 1. The third kappa shape index (κ3) is 3.29. The molecule has 0 atom stereocenters. The molecule has 122 valence electrons. The predicted octanol–water partition coefficient (Wildman–Crippen LogP) is 2.91. The van der Waals surface area contributed by atoms with Crippen LogP contribution < -0.4 is 4.72 Å². The monoisotopic (exact) mass is 345 g/mol. The molecule has 0 aliphatic heterocycles. The van der Waals surface area contributed by atoms with Crippen LogP contribution in [0.3, 0.4) is 0 Å². The molecular weight excluding hydrogens is 335 g/mol. The minimum absolute atomic E-state index is 0.251. The molecular formula is C14H10F3NO4S. The molecule has 0 fully saturated rings. The van der Waals surface area contributed by atoms with Gasteiger partial charge in [-0.2, -0.15) is 0 Å². The smallest absolute Gasteiger partial charge is 0.335 e. The Morgan fingerprint density at radius 3 is 2.35 bits per heavy atom. The zero-order valence-corrected chi connectivity index (χ0v) is 12.4. The number of nitrogens with one attached hydrogen (secondary N) is 1. The van der Waals surface area contributed by atoms with Gasteiger partial charge in [-0.3, -0.25) is 4.72 Å². The van der Waals surface area contributed by atoms with Crippen molar-refractivity contribution in [2.24, 2.45) is 0 Å². The fourth-order valence-corrected chi connectivity index (χ4v) is 2.89. The first kappa shape index (κ1) is 16.8. The number of carboxylic acids is 1. The van der Waals surface area contributed by atoms with E-state index in [0.717, 1.165) is 18.2 Å². The van der Waals surface area contributed by atoms with Gasteiger partial charge < -0.3 is 5.11 Å². The number of halogens is 3. The van der Waals surface area contributed by atoms with Crippen LogP contribution >= 0.6 is 0 Å². The number of aryl methyl sites for hydroxylation is 1. The molecule has 0 unspecified atom stereocenters. The van der Waals surface area contributed by atoms with Gasteiger partial charge in [0.15, 0.2) is 17.5 Å². The largest absolute Gasteiger partial charge is 0.478 e. The molecule has 5 nitrogen and oxygen atoms in total. The summed E-state index contributed by atoms with van der Waals surface area (Å²) in [5.41, 5.74) is -0.713. The zero-order chi connectivity index (χ0) is 17.4. The van der Waals surface area contributed by atoms with Gasteiger partial charge in [-0.1, -0.05) is 6.07 Å². The average molecular weight is 345 g/mol. The summed E-state index contributed by atoms with van der Waals surface area (Å²) in [4.78, 5) is 10.6. The molecule has 23 heavy (non-hydrogen) atoms. The molecule has 0 spiro atoms. The molecule has 2 aromatic carbocycles. The Kier molecular flexibility index (Phi) is 4.33. The summed E-state index contributed by atoms with van der Waals surface area (Å²) in [5, 5.41) is 8.99. The Hall–Kier alpha value is -2.55. The third-order valence-corrected chi connectivity index (χ3v) is 4.39. The second kappa shape index (κ2) is 5.92. The van der Waals surface area contributed by atoms with Gasteiger partial charge in [0.1, 0.15) is 0 Å². The predicted molar refractivity (Wildman–Crippen MR) is 75.3 cm³/mol. The lowest BCUT2D eigenvalue weighted by Crippen LogP contribution is -2.16. The van der Waals surface area contributed by atoms with Crippen molar-refractivity contribution in [3.05, 3.63) is 58.9 Å². The van der Waals surface area contributed by atoms with Gasteiger partial charge in [0.2, 0.25) is 0 Å². The fraction of sp³-hybridized carbons (Fsp3) is 0.0714. The number of hydrogen-bond donors (Lipinski definition) is 2. The minimum atomic E-state index is -4.38. The molecule has 2 N–H and O–H groups in total. The van der Waals surface area contributed by atoms with Gasteiger partial charge in [0.05, 0.1) is 16.1 Å². The topological polar surface area (TPSA) is 83.5 Å². The van der Waals surface area contributed by atoms with E-state index in [1.54, 1.807) is 4.72 Å². The first-order valence-corrected chi connectivity index (χ1v) is 7.62. The van der Waals surface area contributed by atoms with E-state index in [1.807, 2.05) is 0 Å². The molecule has 9 heteroatoms. The van der Waals surface area contributed by atoms with Crippen molar-refractivity contribution < 1.29 is 31.5 Å². The number of carboxylic acid groups (broad SMARTS) is 1. The van der Waals surface area contributed by atoms with Crippen molar-refractivity contribution in [3.8, 4) is 0 Å². The fourth-order valence-electron chi connectivity index (χ4n) is 1.81. The van der Waals surface area contributed by atoms with E-state index in [0.29, 0.717) is 11.6 Å². The second-order valence-electron chi connectivity index (χ2n) is 4.61. The number of rotatable bonds is 4. The van der Waals surface area contributed by atoms with E-state index in [4.69, 9.17) is 5.11 Å². The maximum absolute atomic E-state index is 13.5.